The van der Waals surface area contributed by atoms with Gasteiger partial charge in [0.2, 0.25) is 0 Å². The maximum atomic E-state index is 12.6. The summed E-state index contributed by atoms with van der Waals surface area (Å²) in [6.45, 7) is 8.07. The van der Waals surface area contributed by atoms with Crippen molar-refractivity contribution >= 4 is 30.2 Å². The van der Waals surface area contributed by atoms with Crippen LogP contribution in [0.25, 0.3) is 11.1 Å². The van der Waals surface area contributed by atoms with Crippen molar-refractivity contribution in [3.8, 4) is 11.1 Å². The molecule has 0 spiro atoms. The smallest absolute Gasteiger partial charge is 0.339 e. The lowest BCUT2D eigenvalue weighted by Gasteiger charge is -2.12. The van der Waals surface area contributed by atoms with E-state index in [2.05, 4.69) is 6.58 Å². The third kappa shape index (κ3) is 7.10. The van der Waals surface area contributed by atoms with E-state index in [4.69, 9.17) is 18.9 Å². The second-order valence-electron chi connectivity index (χ2n) is 7.17. The van der Waals surface area contributed by atoms with Gasteiger partial charge in [-0.3, -0.25) is 4.79 Å². The summed E-state index contributed by atoms with van der Waals surface area (Å²) >= 11 is 0. The third-order valence-electron chi connectivity index (χ3n) is 4.64. The first-order valence-corrected chi connectivity index (χ1v) is 10.8. The van der Waals surface area contributed by atoms with Crippen molar-refractivity contribution < 1.29 is 42.9 Å². The highest BCUT2D eigenvalue weighted by Gasteiger charge is 2.21. The average Bonchev–Trinajstić information content (AvgIpc) is 2.85. The average molecular weight is 482 g/mol. The maximum absolute atomic E-state index is 12.6. The van der Waals surface area contributed by atoms with Gasteiger partial charge in [-0.15, -0.1) is 0 Å². The molecule has 9 heteroatoms. The monoisotopic (exact) mass is 482 g/mol. The summed E-state index contributed by atoms with van der Waals surface area (Å²) in [5.74, 6) is -2.78. The van der Waals surface area contributed by atoms with Gasteiger partial charge in [0, 0.05) is 11.1 Å². The van der Waals surface area contributed by atoms with E-state index in [-0.39, 0.29) is 54.3 Å². The molecule has 0 amide bonds. The predicted octanol–water partition coefficient (Wildman–Crippen LogP) is 3.80. The van der Waals surface area contributed by atoms with E-state index < -0.39 is 23.9 Å². The van der Waals surface area contributed by atoms with Crippen molar-refractivity contribution in [3.05, 3.63) is 70.8 Å². The minimum atomic E-state index is -0.808. The second-order valence-corrected chi connectivity index (χ2v) is 7.17. The molecule has 2 aromatic carbocycles. The lowest BCUT2D eigenvalue weighted by molar-refractivity contribution is -0.140. The van der Waals surface area contributed by atoms with Gasteiger partial charge in [0.05, 0.1) is 29.9 Å². The Labute approximate surface area is 202 Å². The van der Waals surface area contributed by atoms with E-state index in [1.54, 1.807) is 26.0 Å². The van der Waals surface area contributed by atoms with Crippen LogP contribution in [0.3, 0.4) is 0 Å². The number of rotatable bonds is 11. The van der Waals surface area contributed by atoms with Gasteiger partial charge in [0.1, 0.15) is 13.2 Å². The first kappa shape index (κ1) is 27.0. The van der Waals surface area contributed by atoms with Gasteiger partial charge in [-0.05, 0) is 56.2 Å². The van der Waals surface area contributed by atoms with E-state index in [1.807, 2.05) is 0 Å². The third-order valence-corrected chi connectivity index (χ3v) is 4.64. The molecule has 0 fully saturated rings. The summed E-state index contributed by atoms with van der Waals surface area (Å²) in [6, 6.07) is 8.92. The molecule has 0 aliphatic heterocycles. The molecule has 184 valence electrons. The molecule has 2 aromatic rings. The van der Waals surface area contributed by atoms with Gasteiger partial charge in [0.25, 0.3) is 0 Å². The normalized spacial score (nSPS) is 10.1. The number of hydrogen-bond donors (Lipinski definition) is 0. The molecule has 0 aliphatic carbocycles. The summed E-state index contributed by atoms with van der Waals surface area (Å²) in [6.07, 6.45) is 0.536. The molecule has 0 aromatic heterocycles. The molecule has 35 heavy (non-hydrogen) atoms. The Balaban J connectivity index is 2.33. The summed E-state index contributed by atoms with van der Waals surface area (Å²) in [4.78, 5) is 60.2. The lowest BCUT2D eigenvalue weighted by Crippen LogP contribution is -2.17. The van der Waals surface area contributed by atoms with Crippen LogP contribution < -0.4 is 0 Å². The van der Waals surface area contributed by atoms with Crippen LogP contribution in [-0.2, 0) is 23.7 Å². The molecular formula is C26H26O9. The van der Waals surface area contributed by atoms with E-state index >= 15 is 0 Å². The molecule has 2 rings (SSSR count). The zero-order chi connectivity index (χ0) is 26.0. The number of carbonyl (C=O) groups is 5. The zero-order valence-electron chi connectivity index (χ0n) is 19.8. The first-order valence-electron chi connectivity index (χ1n) is 10.8. The van der Waals surface area contributed by atoms with Crippen molar-refractivity contribution in [2.75, 3.05) is 26.4 Å². The fourth-order valence-corrected chi connectivity index (χ4v) is 2.98. The Morgan fingerprint density at radius 2 is 1.26 bits per heavy atom. The fraction of sp³-hybridized carbons (Fsp3) is 0.269. The Morgan fingerprint density at radius 3 is 1.83 bits per heavy atom. The van der Waals surface area contributed by atoms with E-state index in [0.717, 1.165) is 0 Å². The molecule has 0 atom stereocenters. The fourth-order valence-electron chi connectivity index (χ4n) is 2.98. The van der Waals surface area contributed by atoms with Crippen LogP contribution in [0, 0.1) is 0 Å². The van der Waals surface area contributed by atoms with Crippen LogP contribution in [0.5, 0.6) is 0 Å². The molecule has 0 aliphatic rings. The summed E-state index contributed by atoms with van der Waals surface area (Å²) in [5, 5.41) is 0. The maximum Gasteiger partial charge on any atom is 0.339 e. The lowest BCUT2D eigenvalue weighted by atomic mass is 9.96. The minimum Gasteiger partial charge on any atom is -0.462 e. The molecular weight excluding hydrogens is 456 g/mol. The Morgan fingerprint density at radius 1 is 0.743 bits per heavy atom. The highest BCUT2D eigenvalue weighted by atomic mass is 16.6. The van der Waals surface area contributed by atoms with Crippen LogP contribution in [0.4, 0.5) is 0 Å². The van der Waals surface area contributed by atoms with Gasteiger partial charge in [-0.2, -0.15) is 0 Å². The van der Waals surface area contributed by atoms with Crippen LogP contribution >= 0.6 is 0 Å². The van der Waals surface area contributed by atoms with E-state index in [1.165, 1.54) is 31.2 Å². The van der Waals surface area contributed by atoms with Gasteiger partial charge in [0.15, 0.2) is 6.29 Å². The molecule has 0 saturated carbocycles. The standard InChI is InChI=1S/C26H26O9/c1-5-32-24(29)20-9-7-17(13-19(20)15-27)18-8-10-21(22(14-18)26(31)33-6-2)25(30)35-12-11-34-23(28)16(3)4/h7-10,13-15H,3,5-6,11-12H2,1-2,4H3. The largest absolute Gasteiger partial charge is 0.462 e. The van der Waals surface area contributed by atoms with Crippen LogP contribution in [0.15, 0.2) is 48.6 Å². The summed E-state index contributed by atoms with van der Waals surface area (Å²) in [7, 11) is 0. The number of hydrogen-bond acceptors (Lipinski definition) is 9. The molecule has 0 bridgehead atoms. The van der Waals surface area contributed by atoms with E-state index in [0.29, 0.717) is 17.4 Å². The minimum absolute atomic E-state index is 0.0443. The van der Waals surface area contributed by atoms with Crippen molar-refractivity contribution in [1.29, 1.82) is 0 Å². The van der Waals surface area contributed by atoms with Gasteiger partial charge >= 0.3 is 23.9 Å². The zero-order valence-corrected chi connectivity index (χ0v) is 19.8. The molecule has 0 radical (unpaired) electrons. The molecule has 0 unspecified atom stereocenters. The highest BCUT2D eigenvalue weighted by Crippen LogP contribution is 2.26. The number of aldehydes is 1. The SMILES string of the molecule is C=C(C)C(=O)OCCOC(=O)c1ccc(-c2ccc(C(=O)OCC)c(C=O)c2)cc1C(=O)OCC. The predicted molar refractivity (Wildman–Crippen MR) is 125 cm³/mol. The van der Waals surface area contributed by atoms with Crippen molar-refractivity contribution in [2.45, 2.75) is 20.8 Å². The van der Waals surface area contributed by atoms with Gasteiger partial charge in [-0.25, -0.2) is 19.2 Å². The molecule has 9 nitrogen and oxygen atoms in total. The Kier molecular flexibility index (Phi) is 9.89. The van der Waals surface area contributed by atoms with Crippen LogP contribution in [0.1, 0.15) is 62.2 Å². The summed E-state index contributed by atoms with van der Waals surface area (Å²) in [5.41, 5.74) is 1.38. The van der Waals surface area contributed by atoms with Crippen molar-refractivity contribution in [2.24, 2.45) is 0 Å². The topological polar surface area (TPSA) is 122 Å². The number of benzene rings is 2. The molecule has 0 heterocycles. The number of carbonyl (C=O) groups excluding carboxylic acids is 5. The van der Waals surface area contributed by atoms with Gasteiger partial charge < -0.3 is 18.9 Å². The quantitative estimate of drug-likeness (QED) is 0.155. The first-order chi connectivity index (χ1) is 16.7. The van der Waals surface area contributed by atoms with Crippen molar-refractivity contribution in [1.82, 2.24) is 0 Å². The Bertz CT molecular complexity index is 1150. The van der Waals surface area contributed by atoms with Crippen molar-refractivity contribution in [3.63, 3.8) is 0 Å². The Hall–Kier alpha value is -4.27. The second kappa shape index (κ2) is 12.8. The summed E-state index contributed by atoms with van der Waals surface area (Å²) < 4.78 is 20.0. The van der Waals surface area contributed by atoms with Crippen LogP contribution in [-0.4, -0.2) is 56.6 Å². The number of esters is 4. The molecule has 0 N–H and O–H groups in total. The highest BCUT2D eigenvalue weighted by molar-refractivity contribution is 6.04. The van der Waals surface area contributed by atoms with Crippen LogP contribution in [0.2, 0.25) is 0 Å². The molecule has 0 saturated heterocycles. The van der Waals surface area contributed by atoms with E-state index in [9.17, 15) is 24.0 Å². The number of ether oxygens (including phenoxy) is 4. The van der Waals surface area contributed by atoms with Gasteiger partial charge in [-0.1, -0.05) is 18.7 Å².